The van der Waals surface area contributed by atoms with E-state index in [1.807, 2.05) is 0 Å². The lowest BCUT2D eigenvalue weighted by Crippen LogP contribution is -2.37. The summed E-state index contributed by atoms with van der Waals surface area (Å²) in [5.74, 6) is -0.660. The lowest BCUT2D eigenvalue weighted by atomic mass is 10.0. The van der Waals surface area contributed by atoms with Crippen LogP contribution in [-0.4, -0.2) is 61.4 Å². The molecule has 12 heteroatoms. The molecule has 0 fully saturated rings. The SMILES string of the molecule is CCCCCC(CCCCC)OC(=O)CN.CCCCCC(CCCCC)OC(=O)CNC(=O)OC(C)(C)C.O=CC(F)(F)F. The third-order valence-corrected chi connectivity index (χ3v) is 6.19. The van der Waals surface area contributed by atoms with Gasteiger partial charge in [0.2, 0.25) is 6.29 Å². The Labute approximate surface area is 270 Å². The summed E-state index contributed by atoms with van der Waals surface area (Å²) in [6, 6.07) is 0. The number of aldehydes is 1. The Morgan fingerprint density at radius 3 is 1.29 bits per heavy atom. The first-order chi connectivity index (χ1) is 21.1. The third-order valence-electron chi connectivity index (χ3n) is 6.19. The van der Waals surface area contributed by atoms with Crippen molar-refractivity contribution in [2.24, 2.45) is 5.73 Å². The normalized spacial score (nSPS) is 11.1. The fourth-order valence-corrected chi connectivity index (χ4v) is 3.93. The molecule has 45 heavy (non-hydrogen) atoms. The van der Waals surface area contributed by atoms with Gasteiger partial charge in [0, 0.05) is 0 Å². The minimum Gasteiger partial charge on any atom is -0.461 e. The second-order valence-electron chi connectivity index (χ2n) is 11.9. The number of unbranched alkanes of at least 4 members (excludes halogenated alkanes) is 8. The topological polar surface area (TPSA) is 134 Å². The van der Waals surface area contributed by atoms with Crippen LogP contribution in [-0.2, 0) is 28.6 Å². The van der Waals surface area contributed by atoms with Crippen molar-refractivity contribution in [3.8, 4) is 0 Å². The van der Waals surface area contributed by atoms with Crippen molar-refractivity contribution < 1.29 is 46.6 Å². The summed E-state index contributed by atoms with van der Waals surface area (Å²) >= 11 is 0. The second-order valence-corrected chi connectivity index (χ2v) is 11.9. The van der Waals surface area contributed by atoms with E-state index in [4.69, 9.17) is 24.7 Å². The van der Waals surface area contributed by atoms with Gasteiger partial charge >= 0.3 is 24.2 Å². The van der Waals surface area contributed by atoms with Crippen molar-refractivity contribution in [3.63, 3.8) is 0 Å². The zero-order valence-corrected chi connectivity index (χ0v) is 29.0. The second kappa shape index (κ2) is 30.3. The zero-order chi connectivity index (χ0) is 35.2. The van der Waals surface area contributed by atoms with Gasteiger partial charge in [0.25, 0.3) is 0 Å². The number of hydrogen-bond donors (Lipinski definition) is 2. The molecule has 0 aliphatic rings. The zero-order valence-electron chi connectivity index (χ0n) is 29.0. The molecule has 0 saturated heterocycles. The summed E-state index contributed by atoms with van der Waals surface area (Å²) in [4.78, 5) is 43.3. The Hall–Kier alpha value is -2.37. The number of amides is 1. The Morgan fingerprint density at radius 2 is 1.02 bits per heavy atom. The molecule has 0 aromatic heterocycles. The third kappa shape index (κ3) is 39.6. The lowest BCUT2D eigenvalue weighted by molar-refractivity contribution is -0.156. The molecule has 1 amide bonds. The molecule has 0 atom stereocenters. The van der Waals surface area contributed by atoms with Gasteiger partial charge in [0.15, 0.2) is 0 Å². The van der Waals surface area contributed by atoms with Crippen molar-refractivity contribution in [1.82, 2.24) is 5.32 Å². The standard InChI is InChI=1S/C18H35NO4.C13H27NO2.C2HF3O/c1-6-8-10-12-15(13-11-9-7-2)22-16(20)14-19-17(21)23-18(3,4)5;1-3-5-7-9-12(10-8-6-4-2)16-13(15)11-14;3-2(4,5)1-6/h15H,6-14H2,1-5H3,(H,19,21);12H,3-11,14H2,1-2H3;1H. The molecule has 0 aliphatic heterocycles. The van der Waals surface area contributed by atoms with Crippen LogP contribution in [0.15, 0.2) is 0 Å². The number of carbonyl (C=O) groups is 4. The molecule has 3 N–H and O–H groups in total. The molecular weight excluding hydrogens is 593 g/mol. The van der Waals surface area contributed by atoms with Gasteiger partial charge in [-0.25, -0.2) is 4.79 Å². The maximum Gasteiger partial charge on any atom is 0.446 e. The Morgan fingerprint density at radius 1 is 0.689 bits per heavy atom. The van der Waals surface area contributed by atoms with Gasteiger partial charge in [-0.15, -0.1) is 0 Å². The average molecular weight is 657 g/mol. The molecule has 0 bridgehead atoms. The molecule has 0 saturated carbocycles. The largest absolute Gasteiger partial charge is 0.461 e. The van der Waals surface area contributed by atoms with Crippen molar-refractivity contribution in [2.45, 2.75) is 175 Å². The van der Waals surface area contributed by atoms with E-state index in [0.717, 1.165) is 77.0 Å². The molecule has 0 heterocycles. The maximum atomic E-state index is 11.9. The van der Waals surface area contributed by atoms with Crippen LogP contribution in [0.4, 0.5) is 18.0 Å². The highest BCUT2D eigenvalue weighted by molar-refractivity contribution is 5.78. The van der Waals surface area contributed by atoms with Gasteiger partial charge in [0.05, 0.1) is 6.54 Å². The number of carbonyl (C=O) groups excluding carboxylic acids is 4. The van der Waals surface area contributed by atoms with Crippen molar-refractivity contribution in [2.75, 3.05) is 13.1 Å². The van der Waals surface area contributed by atoms with E-state index in [-0.39, 0.29) is 31.3 Å². The van der Waals surface area contributed by atoms with Crippen LogP contribution in [0.3, 0.4) is 0 Å². The Balaban J connectivity index is -0.000000691. The smallest absolute Gasteiger partial charge is 0.446 e. The first-order valence-corrected chi connectivity index (χ1v) is 16.7. The number of halogens is 3. The van der Waals surface area contributed by atoms with Crippen molar-refractivity contribution >= 4 is 24.3 Å². The van der Waals surface area contributed by atoms with Crippen LogP contribution in [0.25, 0.3) is 0 Å². The molecule has 268 valence electrons. The molecule has 0 aromatic carbocycles. The fourth-order valence-electron chi connectivity index (χ4n) is 3.93. The van der Waals surface area contributed by atoms with Crippen molar-refractivity contribution in [1.29, 1.82) is 0 Å². The fraction of sp³-hybridized carbons (Fsp3) is 0.879. The van der Waals surface area contributed by atoms with E-state index < -0.39 is 30.1 Å². The summed E-state index contributed by atoms with van der Waals surface area (Å²) in [5.41, 5.74) is 4.68. The summed E-state index contributed by atoms with van der Waals surface area (Å²) in [6.45, 7) is 13.9. The highest BCUT2D eigenvalue weighted by atomic mass is 19.4. The van der Waals surface area contributed by atoms with Gasteiger partial charge in [-0.1, -0.05) is 79.1 Å². The van der Waals surface area contributed by atoms with E-state index in [0.29, 0.717) is 0 Å². The van der Waals surface area contributed by atoms with Crippen molar-refractivity contribution in [3.05, 3.63) is 0 Å². The van der Waals surface area contributed by atoms with Crippen LogP contribution >= 0.6 is 0 Å². The van der Waals surface area contributed by atoms with Crippen LogP contribution < -0.4 is 11.1 Å². The van der Waals surface area contributed by atoms with E-state index in [2.05, 4.69) is 33.0 Å². The molecule has 0 rings (SSSR count). The molecule has 0 aromatic rings. The van der Waals surface area contributed by atoms with Gasteiger partial charge < -0.3 is 25.3 Å². The quantitative estimate of drug-likeness (QED) is 0.0545. The number of rotatable bonds is 21. The van der Waals surface area contributed by atoms with Crippen LogP contribution in [0.1, 0.15) is 151 Å². The first kappa shape index (κ1) is 47.0. The van der Waals surface area contributed by atoms with E-state index in [9.17, 15) is 27.6 Å². The molecule has 0 spiro atoms. The van der Waals surface area contributed by atoms with Gasteiger partial charge in [0.1, 0.15) is 24.4 Å². The number of esters is 2. The number of ether oxygens (including phenoxy) is 3. The van der Waals surface area contributed by atoms with Crippen LogP contribution in [0, 0.1) is 0 Å². The Bertz CT molecular complexity index is 725. The number of nitrogens with one attached hydrogen (secondary N) is 1. The summed E-state index contributed by atoms with van der Waals surface area (Å²) in [6.07, 6.45) is 11.4. The first-order valence-electron chi connectivity index (χ1n) is 16.7. The van der Waals surface area contributed by atoms with Gasteiger partial charge in [-0.2, -0.15) is 13.2 Å². The summed E-state index contributed by atoms with van der Waals surface area (Å²) in [7, 11) is 0. The van der Waals surface area contributed by atoms with E-state index in [1.165, 1.54) is 25.7 Å². The van der Waals surface area contributed by atoms with Gasteiger partial charge in [-0.3, -0.25) is 14.4 Å². The molecular formula is C33H63F3N2O7. The number of nitrogens with two attached hydrogens (primary N) is 1. The highest BCUT2D eigenvalue weighted by Crippen LogP contribution is 2.16. The van der Waals surface area contributed by atoms with Crippen LogP contribution in [0.5, 0.6) is 0 Å². The molecule has 0 unspecified atom stereocenters. The van der Waals surface area contributed by atoms with Crippen LogP contribution in [0.2, 0.25) is 0 Å². The van der Waals surface area contributed by atoms with E-state index in [1.54, 1.807) is 20.8 Å². The van der Waals surface area contributed by atoms with E-state index >= 15 is 0 Å². The lowest BCUT2D eigenvalue weighted by Gasteiger charge is -2.20. The number of alkyl halides is 3. The predicted octanol–water partition coefficient (Wildman–Crippen LogP) is 8.35. The minimum absolute atomic E-state index is 0.00193. The Kier molecular flexibility index (Phi) is 31.7. The number of hydrogen-bond acceptors (Lipinski definition) is 8. The predicted molar refractivity (Wildman–Crippen MR) is 172 cm³/mol. The average Bonchev–Trinajstić information content (AvgIpc) is 2.95. The number of alkyl carbamates (subject to hydrolysis) is 1. The molecule has 0 radical (unpaired) electrons. The monoisotopic (exact) mass is 656 g/mol. The maximum absolute atomic E-state index is 11.9. The molecule has 0 aliphatic carbocycles. The highest BCUT2D eigenvalue weighted by Gasteiger charge is 2.25. The summed E-state index contributed by atoms with van der Waals surface area (Å²) in [5, 5.41) is 2.44. The molecule has 9 nitrogen and oxygen atoms in total. The minimum atomic E-state index is -4.64. The summed E-state index contributed by atoms with van der Waals surface area (Å²) < 4.78 is 47.2. The van der Waals surface area contributed by atoms with Gasteiger partial charge in [-0.05, 0) is 72.1 Å².